The van der Waals surface area contributed by atoms with Crippen molar-refractivity contribution >= 4 is 24.7 Å². The zero-order valence-corrected chi connectivity index (χ0v) is 20.5. The predicted molar refractivity (Wildman–Crippen MR) is 133 cm³/mol. The molecule has 2 saturated heterocycles. The smallest absolute Gasteiger partial charge is 0.225 e. The van der Waals surface area contributed by atoms with Crippen LogP contribution < -0.4 is 9.80 Å². The van der Waals surface area contributed by atoms with Crippen molar-refractivity contribution in [2.45, 2.75) is 45.6 Å². The second kappa shape index (κ2) is 10.5. The second-order valence-electron chi connectivity index (χ2n) is 9.59. The summed E-state index contributed by atoms with van der Waals surface area (Å²) in [5.41, 5.74) is 3.58. The van der Waals surface area contributed by atoms with E-state index in [4.69, 9.17) is 9.72 Å². The zero-order valence-electron chi connectivity index (χ0n) is 19.6. The number of hydrogen-bond donors (Lipinski definition) is 1. The summed E-state index contributed by atoms with van der Waals surface area (Å²) in [7, 11) is 0. The van der Waals surface area contributed by atoms with Crippen LogP contribution in [-0.2, 0) is 24.1 Å². The Kier molecular flexibility index (Phi) is 7.27. The first-order valence-electron chi connectivity index (χ1n) is 12.3. The van der Waals surface area contributed by atoms with Crippen LogP contribution in [0.4, 0.5) is 11.9 Å². The van der Waals surface area contributed by atoms with Crippen LogP contribution >= 0.6 is 12.8 Å². The van der Waals surface area contributed by atoms with E-state index in [9.17, 15) is 0 Å². The van der Waals surface area contributed by atoms with Gasteiger partial charge in [0.05, 0.1) is 12.3 Å². The Morgan fingerprint density at radius 1 is 0.909 bits per heavy atom. The van der Waals surface area contributed by atoms with Crippen LogP contribution in [0.3, 0.4) is 0 Å². The van der Waals surface area contributed by atoms with Crippen LogP contribution in [-0.4, -0.2) is 70.2 Å². The van der Waals surface area contributed by atoms with Crippen LogP contribution in [0.15, 0.2) is 18.6 Å². The van der Waals surface area contributed by atoms with E-state index < -0.39 is 0 Å². The fraction of sp³-hybridized carbons (Fsp3) is 0.667. The molecule has 8 nitrogen and oxygen atoms in total. The first kappa shape index (κ1) is 22.8. The van der Waals surface area contributed by atoms with Gasteiger partial charge in [0.15, 0.2) is 0 Å². The fourth-order valence-corrected chi connectivity index (χ4v) is 5.24. The summed E-state index contributed by atoms with van der Waals surface area (Å²) in [4.78, 5) is 23.2. The van der Waals surface area contributed by atoms with Gasteiger partial charge in [0.2, 0.25) is 11.9 Å². The maximum Gasteiger partial charge on any atom is 0.225 e. The maximum absolute atomic E-state index is 6.18. The van der Waals surface area contributed by atoms with E-state index in [0.717, 1.165) is 96.5 Å². The summed E-state index contributed by atoms with van der Waals surface area (Å²) < 4.78 is 8.21. The molecule has 9 heteroatoms. The molecule has 0 spiro atoms. The van der Waals surface area contributed by atoms with Crippen molar-refractivity contribution in [3.8, 4) is 0 Å². The van der Waals surface area contributed by atoms with Crippen LogP contribution in [0.1, 0.15) is 43.0 Å². The lowest BCUT2D eigenvalue weighted by Crippen LogP contribution is -2.36. The number of anilines is 2. The number of hydrogen-bond acceptors (Lipinski definition) is 9. The highest BCUT2D eigenvalue weighted by atomic mass is 32.1. The van der Waals surface area contributed by atoms with Gasteiger partial charge in [-0.1, -0.05) is 19.7 Å². The molecular weight excluding hydrogens is 434 g/mol. The normalized spacial score (nSPS) is 22.1. The average molecular weight is 470 g/mol. The standard InChI is InChI=1S/C24H35N7OS/c1-2-18-11-25-23(26-12-18)29-7-3-19(4-8-29)16-32-17-20-5-9-30(14-20)24-27-13-21-15-31(33)10-6-22(21)28-24/h11-13,19-20,33H,2-10,14-17H2,1H3. The number of rotatable bonds is 7. The summed E-state index contributed by atoms with van der Waals surface area (Å²) in [5, 5.41) is 0. The largest absolute Gasteiger partial charge is 0.381 e. The van der Waals surface area contributed by atoms with Crippen LogP contribution in [0, 0.1) is 11.8 Å². The second-order valence-corrected chi connectivity index (χ2v) is 10.2. The molecule has 1 unspecified atom stereocenters. The molecule has 3 aliphatic heterocycles. The highest BCUT2D eigenvalue weighted by Crippen LogP contribution is 2.25. The Balaban J connectivity index is 1.03. The number of aryl methyl sites for hydroxylation is 1. The molecule has 2 aromatic heterocycles. The Morgan fingerprint density at radius 2 is 1.61 bits per heavy atom. The zero-order chi connectivity index (χ0) is 22.6. The van der Waals surface area contributed by atoms with E-state index in [2.05, 4.69) is 44.5 Å². The molecule has 0 N–H and O–H groups in total. The van der Waals surface area contributed by atoms with Crippen molar-refractivity contribution in [1.29, 1.82) is 0 Å². The van der Waals surface area contributed by atoms with Gasteiger partial charge in [0, 0.05) is 82.4 Å². The summed E-state index contributed by atoms with van der Waals surface area (Å²) >= 11 is 4.45. The molecule has 0 aliphatic carbocycles. The minimum Gasteiger partial charge on any atom is -0.381 e. The van der Waals surface area contributed by atoms with Gasteiger partial charge in [0.1, 0.15) is 0 Å². The highest BCUT2D eigenvalue weighted by molar-refractivity contribution is 7.77. The van der Waals surface area contributed by atoms with Gasteiger partial charge < -0.3 is 14.5 Å². The lowest BCUT2D eigenvalue weighted by molar-refractivity contribution is 0.0687. The minimum absolute atomic E-state index is 0.558. The van der Waals surface area contributed by atoms with Crippen LogP contribution in [0.2, 0.25) is 0 Å². The van der Waals surface area contributed by atoms with E-state index in [1.54, 1.807) is 0 Å². The number of piperidine rings is 1. The molecule has 33 heavy (non-hydrogen) atoms. The number of thiol groups is 1. The lowest BCUT2D eigenvalue weighted by atomic mass is 9.98. The van der Waals surface area contributed by atoms with E-state index in [1.807, 2.05) is 22.9 Å². The summed E-state index contributed by atoms with van der Waals surface area (Å²) in [5.74, 6) is 2.93. The molecule has 0 bridgehead atoms. The molecule has 0 saturated carbocycles. The van der Waals surface area contributed by atoms with E-state index in [-0.39, 0.29) is 0 Å². The Bertz CT molecular complexity index is 920. The summed E-state index contributed by atoms with van der Waals surface area (Å²) in [6, 6.07) is 0. The van der Waals surface area contributed by atoms with Crippen molar-refractivity contribution in [2.24, 2.45) is 11.8 Å². The molecule has 2 aromatic rings. The molecule has 178 valence electrons. The lowest BCUT2D eigenvalue weighted by Gasteiger charge is -2.32. The molecule has 5 heterocycles. The van der Waals surface area contributed by atoms with E-state index >= 15 is 0 Å². The van der Waals surface area contributed by atoms with Crippen molar-refractivity contribution in [1.82, 2.24) is 24.2 Å². The van der Waals surface area contributed by atoms with Gasteiger partial charge >= 0.3 is 0 Å². The quantitative estimate of drug-likeness (QED) is 0.621. The highest BCUT2D eigenvalue weighted by Gasteiger charge is 2.27. The molecule has 3 aliphatic rings. The van der Waals surface area contributed by atoms with Crippen molar-refractivity contribution in [3.05, 3.63) is 35.4 Å². The van der Waals surface area contributed by atoms with Gasteiger partial charge in [-0.3, -0.25) is 0 Å². The number of aromatic nitrogens is 4. The summed E-state index contributed by atoms with van der Waals surface area (Å²) in [6.07, 6.45) is 11.2. The number of fused-ring (bicyclic) bond motifs is 1. The minimum atomic E-state index is 0.558. The van der Waals surface area contributed by atoms with Gasteiger partial charge in [-0.05, 0) is 37.2 Å². The van der Waals surface area contributed by atoms with Gasteiger partial charge in [-0.25, -0.2) is 24.2 Å². The molecular formula is C24H35N7OS. The Labute approximate surface area is 202 Å². The van der Waals surface area contributed by atoms with Crippen molar-refractivity contribution in [2.75, 3.05) is 55.7 Å². The van der Waals surface area contributed by atoms with Gasteiger partial charge in [0.25, 0.3) is 0 Å². The molecule has 0 amide bonds. The third-order valence-electron chi connectivity index (χ3n) is 7.17. The number of ether oxygens (including phenoxy) is 1. The number of nitrogens with zero attached hydrogens (tertiary/aromatic N) is 7. The monoisotopic (exact) mass is 469 g/mol. The van der Waals surface area contributed by atoms with Crippen LogP contribution in [0.25, 0.3) is 0 Å². The first-order valence-corrected chi connectivity index (χ1v) is 12.7. The molecule has 5 rings (SSSR count). The van der Waals surface area contributed by atoms with Crippen molar-refractivity contribution < 1.29 is 4.74 Å². The molecule has 2 fully saturated rings. The van der Waals surface area contributed by atoms with E-state index in [0.29, 0.717) is 11.8 Å². The SMILES string of the molecule is CCc1cnc(N2CCC(COCC3CCN(c4ncc5c(n4)CCN(S)C5)C3)CC2)nc1. The van der Waals surface area contributed by atoms with Gasteiger partial charge in [-0.15, -0.1) is 0 Å². The van der Waals surface area contributed by atoms with Gasteiger partial charge in [-0.2, -0.15) is 0 Å². The first-order chi connectivity index (χ1) is 16.2. The average Bonchev–Trinajstić information content (AvgIpc) is 3.33. The third-order valence-corrected chi connectivity index (χ3v) is 7.52. The topological polar surface area (TPSA) is 70.5 Å². The predicted octanol–water partition coefficient (Wildman–Crippen LogP) is 2.79. The third kappa shape index (κ3) is 5.58. The van der Waals surface area contributed by atoms with Crippen LogP contribution in [0.5, 0.6) is 0 Å². The molecule has 1 atom stereocenters. The van der Waals surface area contributed by atoms with E-state index in [1.165, 1.54) is 16.8 Å². The summed E-state index contributed by atoms with van der Waals surface area (Å²) in [6.45, 7) is 9.61. The maximum atomic E-state index is 6.18. The van der Waals surface area contributed by atoms with Crippen molar-refractivity contribution in [3.63, 3.8) is 0 Å². The fourth-order valence-electron chi connectivity index (χ4n) is 4.99. The Hall–Kier alpha value is -1.97. The Morgan fingerprint density at radius 3 is 2.39 bits per heavy atom. The molecule has 0 radical (unpaired) electrons. The molecule has 0 aromatic carbocycles.